The van der Waals surface area contributed by atoms with Crippen molar-refractivity contribution in [1.82, 2.24) is 15.3 Å². The lowest BCUT2D eigenvalue weighted by Gasteiger charge is -2.28. The average molecular weight is 276 g/mol. The van der Waals surface area contributed by atoms with Crippen LogP contribution in [0.15, 0.2) is 0 Å². The Balaban J connectivity index is 2.00. The molecule has 1 saturated heterocycles. The number of piperidine rings is 1. The number of anilines is 1. The Kier molecular flexibility index (Phi) is 3.82. The van der Waals surface area contributed by atoms with E-state index < -0.39 is 0 Å². The number of carbonyl (C=O) groups excluding carboxylic acids is 1. The molecule has 0 amide bonds. The average Bonchev–Trinajstić information content (AvgIpc) is 2.54. The van der Waals surface area contributed by atoms with Gasteiger partial charge in [-0.2, -0.15) is 0 Å². The molecule has 0 unspecified atom stereocenters. The zero-order valence-corrected chi connectivity index (χ0v) is 11.8. The van der Waals surface area contributed by atoms with Gasteiger partial charge in [-0.25, -0.2) is 14.8 Å². The summed E-state index contributed by atoms with van der Waals surface area (Å²) in [5.41, 5.74) is 2.32. The fourth-order valence-corrected chi connectivity index (χ4v) is 2.85. The van der Waals surface area contributed by atoms with Crippen molar-refractivity contribution in [3.8, 4) is 0 Å². The largest absolute Gasteiger partial charge is 0.464 e. The second kappa shape index (κ2) is 5.75. The molecule has 2 aliphatic rings. The minimum absolute atomic E-state index is 0.358. The van der Waals surface area contributed by atoms with Crippen LogP contribution in [0.1, 0.15) is 41.0 Å². The van der Waals surface area contributed by atoms with Crippen molar-refractivity contribution < 1.29 is 9.53 Å². The first-order chi connectivity index (χ1) is 9.79. The van der Waals surface area contributed by atoms with E-state index in [9.17, 15) is 4.79 Å². The van der Waals surface area contributed by atoms with Crippen LogP contribution < -0.4 is 10.2 Å². The predicted octanol–water partition coefficient (Wildman–Crippen LogP) is 0.899. The van der Waals surface area contributed by atoms with Crippen molar-refractivity contribution in [3.05, 3.63) is 17.0 Å². The molecule has 0 saturated carbocycles. The van der Waals surface area contributed by atoms with E-state index in [4.69, 9.17) is 4.74 Å². The Bertz CT molecular complexity index is 512. The Hall–Kier alpha value is -1.69. The van der Waals surface area contributed by atoms with Gasteiger partial charge in [0.05, 0.1) is 12.8 Å². The molecule has 3 heterocycles. The molecule has 3 rings (SSSR count). The summed E-state index contributed by atoms with van der Waals surface area (Å²) in [4.78, 5) is 23.3. The smallest absolute Gasteiger partial charge is 0.357 e. The summed E-state index contributed by atoms with van der Waals surface area (Å²) in [6, 6.07) is 0. The number of hydrogen-bond acceptors (Lipinski definition) is 6. The van der Waals surface area contributed by atoms with Gasteiger partial charge in [0.15, 0.2) is 5.69 Å². The first-order valence-corrected chi connectivity index (χ1v) is 7.23. The van der Waals surface area contributed by atoms with Crippen molar-refractivity contribution >= 4 is 11.9 Å². The fourth-order valence-electron chi connectivity index (χ4n) is 2.85. The van der Waals surface area contributed by atoms with Gasteiger partial charge in [0.25, 0.3) is 0 Å². The van der Waals surface area contributed by atoms with Crippen molar-refractivity contribution in [3.63, 3.8) is 0 Å². The molecule has 2 aliphatic heterocycles. The van der Waals surface area contributed by atoms with Gasteiger partial charge in [-0.3, -0.25) is 0 Å². The summed E-state index contributed by atoms with van der Waals surface area (Å²) in [5.74, 6) is 0.316. The summed E-state index contributed by atoms with van der Waals surface area (Å²) in [6.45, 7) is 3.48. The molecule has 6 nitrogen and oxygen atoms in total. The number of nitrogens with one attached hydrogen (secondary N) is 1. The number of carbonyl (C=O) groups is 1. The lowest BCUT2D eigenvalue weighted by Crippen LogP contribution is -2.34. The van der Waals surface area contributed by atoms with Crippen LogP contribution in [-0.4, -0.2) is 42.7 Å². The molecule has 1 N–H and O–H groups in total. The van der Waals surface area contributed by atoms with Gasteiger partial charge < -0.3 is 15.0 Å². The van der Waals surface area contributed by atoms with Crippen LogP contribution in [0.3, 0.4) is 0 Å². The van der Waals surface area contributed by atoms with Gasteiger partial charge in [0, 0.05) is 25.2 Å². The molecular weight excluding hydrogens is 256 g/mol. The van der Waals surface area contributed by atoms with E-state index in [1.807, 2.05) is 0 Å². The van der Waals surface area contributed by atoms with Crippen molar-refractivity contribution in [1.29, 1.82) is 0 Å². The highest BCUT2D eigenvalue weighted by molar-refractivity contribution is 5.89. The number of hydrogen-bond donors (Lipinski definition) is 1. The minimum Gasteiger partial charge on any atom is -0.464 e. The Labute approximate surface area is 118 Å². The normalized spacial score (nSPS) is 18.6. The molecule has 0 spiro atoms. The van der Waals surface area contributed by atoms with E-state index >= 15 is 0 Å². The second-order valence-electron chi connectivity index (χ2n) is 5.26. The highest BCUT2D eigenvalue weighted by atomic mass is 16.5. The van der Waals surface area contributed by atoms with Gasteiger partial charge in [-0.1, -0.05) is 0 Å². The summed E-state index contributed by atoms with van der Waals surface area (Å²) < 4.78 is 4.88. The van der Waals surface area contributed by atoms with Gasteiger partial charge in [0.2, 0.25) is 5.95 Å². The molecule has 0 atom stereocenters. The quantitative estimate of drug-likeness (QED) is 0.810. The van der Waals surface area contributed by atoms with E-state index in [2.05, 4.69) is 20.2 Å². The highest BCUT2D eigenvalue weighted by Crippen LogP contribution is 2.22. The molecule has 108 valence electrons. The van der Waals surface area contributed by atoms with Gasteiger partial charge in [0.1, 0.15) is 0 Å². The number of methoxy groups -OCH3 is 1. The maximum Gasteiger partial charge on any atom is 0.357 e. The first-order valence-electron chi connectivity index (χ1n) is 7.23. The van der Waals surface area contributed by atoms with Crippen LogP contribution >= 0.6 is 0 Å². The number of esters is 1. The molecule has 0 aliphatic carbocycles. The highest BCUT2D eigenvalue weighted by Gasteiger charge is 2.24. The van der Waals surface area contributed by atoms with Crippen LogP contribution in [0.25, 0.3) is 0 Å². The molecular formula is C14H20N4O2. The third-order valence-electron chi connectivity index (χ3n) is 3.94. The third-order valence-corrected chi connectivity index (χ3v) is 3.94. The van der Waals surface area contributed by atoms with Crippen LogP contribution in [0.4, 0.5) is 5.95 Å². The first kappa shape index (κ1) is 13.3. The third kappa shape index (κ3) is 2.47. The zero-order chi connectivity index (χ0) is 13.9. The Morgan fingerprint density at radius 3 is 2.80 bits per heavy atom. The topological polar surface area (TPSA) is 67.3 Å². The van der Waals surface area contributed by atoms with Crippen LogP contribution in [0.5, 0.6) is 0 Å². The maximum absolute atomic E-state index is 12.0. The predicted molar refractivity (Wildman–Crippen MR) is 74.8 cm³/mol. The van der Waals surface area contributed by atoms with E-state index in [0.717, 1.165) is 50.2 Å². The Morgan fingerprint density at radius 2 is 2.05 bits per heavy atom. The molecule has 0 bridgehead atoms. The van der Waals surface area contributed by atoms with Crippen molar-refractivity contribution in [2.24, 2.45) is 0 Å². The SMILES string of the molecule is COC(=O)c1nc(N2CCCCC2)nc2c1CCNC2. The lowest BCUT2D eigenvalue weighted by atomic mass is 10.0. The van der Waals surface area contributed by atoms with Crippen LogP contribution in [0.2, 0.25) is 0 Å². The number of fused-ring (bicyclic) bond motifs is 1. The second-order valence-corrected chi connectivity index (χ2v) is 5.26. The lowest BCUT2D eigenvalue weighted by molar-refractivity contribution is 0.0592. The summed E-state index contributed by atoms with van der Waals surface area (Å²) in [6.07, 6.45) is 4.35. The molecule has 1 fully saturated rings. The minimum atomic E-state index is -0.358. The standard InChI is InChI=1S/C14H20N4O2/c1-20-13(19)12-10-5-6-15-9-11(10)16-14(17-12)18-7-3-2-4-8-18/h15H,2-9H2,1H3. The molecule has 6 heteroatoms. The number of ether oxygens (including phenoxy) is 1. The van der Waals surface area contributed by atoms with Crippen molar-refractivity contribution in [2.45, 2.75) is 32.2 Å². The summed E-state index contributed by atoms with van der Waals surface area (Å²) >= 11 is 0. The van der Waals surface area contributed by atoms with Crippen LogP contribution in [0, 0.1) is 0 Å². The molecule has 1 aromatic rings. The maximum atomic E-state index is 12.0. The number of aromatic nitrogens is 2. The van der Waals surface area contributed by atoms with E-state index in [1.165, 1.54) is 13.5 Å². The zero-order valence-electron chi connectivity index (χ0n) is 11.8. The number of nitrogens with zero attached hydrogens (tertiary/aromatic N) is 3. The van der Waals surface area contributed by atoms with Gasteiger partial charge in [-0.05, 0) is 32.2 Å². The summed E-state index contributed by atoms with van der Waals surface area (Å²) in [7, 11) is 1.40. The molecule has 1 aromatic heterocycles. The fraction of sp³-hybridized carbons (Fsp3) is 0.643. The molecule has 0 radical (unpaired) electrons. The van der Waals surface area contributed by atoms with Crippen LogP contribution in [-0.2, 0) is 17.7 Å². The summed E-state index contributed by atoms with van der Waals surface area (Å²) in [5, 5.41) is 3.29. The van der Waals surface area contributed by atoms with Gasteiger partial charge >= 0.3 is 5.97 Å². The molecule has 20 heavy (non-hydrogen) atoms. The van der Waals surface area contributed by atoms with Gasteiger partial charge in [-0.15, -0.1) is 0 Å². The molecule has 0 aromatic carbocycles. The van der Waals surface area contributed by atoms with Crippen molar-refractivity contribution in [2.75, 3.05) is 31.6 Å². The van der Waals surface area contributed by atoms with E-state index in [0.29, 0.717) is 18.2 Å². The van der Waals surface area contributed by atoms with E-state index in [1.54, 1.807) is 0 Å². The van der Waals surface area contributed by atoms with E-state index in [-0.39, 0.29) is 5.97 Å². The Morgan fingerprint density at radius 1 is 1.25 bits per heavy atom. The monoisotopic (exact) mass is 276 g/mol. The number of rotatable bonds is 2.